The number of phenols is 1. The summed E-state index contributed by atoms with van der Waals surface area (Å²) >= 11 is 3.10. The predicted molar refractivity (Wildman–Crippen MR) is 65.7 cm³/mol. The van der Waals surface area contributed by atoms with Crippen LogP contribution < -0.4 is 5.73 Å². The highest BCUT2D eigenvalue weighted by Gasteiger charge is 2.25. The monoisotopic (exact) mass is 304 g/mol. The fraction of sp³-hybridized carbons (Fsp3) is 0.400. The van der Waals surface area contributed by atoms with Gasteiger partial charge in [-0.1, -0.05) is 22.9 Å². The van der Waals surface area contributed by atoms with Gasteiger partial charge in [-0.3, -0.25) is 10.1 Å². The van der Waals surface area contributed by atoms with Gasteiger partial charge in [0, 0.05) is 16.1 Å². The van der Waals surface area contributed by atoms with Crippen LogP contribution in [0.1, 0.15) is 24.9 Å². The summed E-state index contributed by atoms with van der Waals surface area (Å²) < 4.78 is 0.427. The van der Waals surface area contributed by atoms with Crippen molar-refractivity contribution < 1.29 is 15.1 Å². The molecule has 6 nitrogen and oxygen atoms in total. The Kier molecular flexibility index (Phi) is 4.44. The molecular weight excluding hydrogens is 292 g/mol. The highest BCUT2D eigenvalue weighted by molar-refractivity contribution is 9.10. The van der Waals surface area contributed by atoms with E-state index in [1.807, 2.05) is 0 Å². The van der Waals surface area contributed by atoms with Crippen molar-refractivity contribution in [2.24, 2.45) is 5.73 Å². The standard InChI is InChI=1S/C10H13BrN2O4/c1-2-8(14)9(12)6-3-5(11)4-7(10(6)15)13(16)17/h3-4,8-9,14-15H,2,12H2,1H3/t8-,9+/m0/s1. The van der Waals surface area contributed by atoms with Crippen molar-refractivity contribution in [3.63, 3.8) is 0 Å². The molecule has 0 radical (unpaired) electrons. The Morgan fingerprint density at radius 3 is 2.65 bits per heavy atom. The molecule has 94 valence electrons. The van der Waals surface area contributed by atoms with E-state index >= 15 is 0 Å². The Morgan fingerprint density at radius 2 is 2.18 bits per heavy atom. The van der Waals surface area contributed by atoms with Crippen LogP contribution in [0.25, 0.3) is 0 Å². The number of halogens is 1. The summed E-state index contributed by atoms with van der Waals surface area (Å²) in [5.41, 5.74) is 5.45. The highest BCUT2D eigenvalue weighted by Crippen LogP contribution is 2.37. The topological polar surface area (TPSA) is 110 Å². The van der Waals surface area contributed by atoms with Crippen molar-refractivity contribution in [3.8, 4) is 5.75 Å². The van der Waals surface area contributed by atoms with Gasteiger partial charge in [0.1, 0.15) is 0 Å². The minimum atomic E-state index is -0.866. The van der Waals surface area contributed by atoms with Gasteiger partial charge in [0.15, 0.2) is 5.75 Å². The van der Waals surface area contributed by atoms with E-state index in [4.69, 9.17) is 5.73 Å². The summed E-state index contributed by atoms with van der Waals surface area (Å²) in [6.45, 7) is 1.73. The van der Waals surface area contributed by atoms with Crippen LogP contribution in [0.4, 0.5) is 5.69 Å². The van der Waals surface area contributed by atoms with Crippen molar-refractivity contribution in [1.82, 2.24) is 0 Å². The second-order valence-electron chi connectivity index (χ2n) is 3.62. The van der Waals surface area contributed by atoms with Crippen molar-refractivity contribution in [2.75, 3.05) is 0 Å². The Bertz CT molecular complexity index is 439. The molecule has 0 amide bonds. The van der Waals surface area contributed by atoms with Crippen LogP contribution in [0.2, 0.25) is 0 Å². The maximum absolute atomic E-state index is 10.7. The largest absolute Gasteiger partial charge is 0.502 e. The molecular formula is C10H13BrN2O4. The van der Waals surface area contributed by atoms with Crippen LogP contribution >= 0.6 is 15.9 Å². The SMILES string of the molecule is CC[C@H](O)[C@H](N)c1cc(Br)cc([N+](=O)[O-])c1O. The fourth-order valence-corrected chi connectivity index (χ4v) is 1.92. The average molecular weight is 305 g/mol. The Labute approximate surface area is 106 Å². The first-order valence-corrected chi connectivity index (χ1v) is 5.78. The second-order valence-corrected chi connectivity index (χ2v) is 4.54. The lowest BCUT2D eigenvalue weighted by Crippen LogP contribution is -2.25. The molecule has 7 heteroatoms. The Balaban J connectivity index is 3.29. The van der Waals surface area contributed by atoms with Crippen molar-refractivity contribution in [2.45, 2.75) is 25.5 Å². The van der Waals surface area contributed by atoms with E-state index in [9.17, 15) is 20.3 Å². The quantitative estimate of drug-likeness (QED) is 0.580. The van der Waals surface area contributed by atoms with Gasteiger partial charge in [-0.05, 0) is 12.5 Å². The molecule has 0 aliphatic rings. The molecule has 4 N–H and O–H groups in total. The van der Waals surface area contributed by atoms with Crippen molar-refractivity contribution in [3.05, 3.63) is 32.3 Å². The van der Waals surface area contributed by atoms with Gasteiger partial charge < -0.3 is 15.9 Å². The minimum absolute atomic E-state index is 0.153. The lowest BCUT2D eigenvalue weighted by molar-refractivity contribution is -0.386. The maximum Gasteiger partial charge on any atom is 0.312 e. The number of rotatable bonds is 4. The zero-order chi connectivity index (χ0) is 13.2. The van der Waals surface area contributed by atoms with Crippen LogP contribution in [0, 0.1) is 10.1 Å². The lowest BCUT2D eigenvalue weighted by Gasteiger charge is -2.18. The third kappa shape index (κ3) is 2.93. The zero-order valence-electron chi connectivity index (χ0n) is 9.13. The van der Waals surface area contributed by atoms with Crippen LogP contribution in [0.5, 0.6) is 5.75 Å². The number of nitro groups is 1. The number of hydrogen-bond acceptors (Lipinski definition) is 5. The number of nitro benzene ring substituents is 1. The van der Waals surface area contributed by atoms with Crippen LogP contribution in [-0.4, -0.2) is 21.2 Å². The van der Waals surface area contributed by atoms with Crippen molar-refractivity contribution >= 4 is 21.6 Å². The first-order chi connectivity index (χ1) is 7.88. The van der Waals surface area contributed by atoms with E-state index in [0.717, 1.165) is 0 Å². The molecule has 1 aromatic rings. The third-order valence-corrected chi connectivity index (χ3v) is 2.93. The molecule has 0 fully saturated rings. The van der Waals surface area contributed by atoms with Gasteiger partial charge in [0.2, 0.25) is 0 Å². The normalized spacial score (nSPS) is 14.4. The number of hydrogen-bond donors (Lipinski definition) is 3. The molecule has 17 heavy (non-hydrogen) atoms. The number of aliphatic hydroxyl groups excluding tert-OH is 1. The predicted octanol–water partition coefficient (Wildman–Crippen LogP) is 1.83. The van der Waals surface area contributed by atoms with Crippen LogP contribution in [0.3, 0.4) is 0 Å². The second kappa shape index (κ2) is 5.44. The fourth-order valence-electron chi connectivity index (χ4n) is 1.46. The van der Waals surface area contributed by atoms with Gasteiger partial charge in [-0.25, -0.2) is 0 Å². The van der Waals surface area contributed by atoms with Gasteiger partial charge in [-0.2, -0.15) is 0 Å². The molecule has 2 atom stereocenters. The number of benzene rings is 1. The number of aliphatic hydroxyl groups is 1. The van der Waals surface area contributed by atoms with E-state index in [0.29, 0.717) is 10.9 Å². The summed E-state index contributed by atoms with van der Waals surface area (Å²) in [7, 11) is 0. The van der Waals surface area contributed by atoms with E-state index < -0.39 is 28.5 Å². The molecule has 0 saturated heterocycles. The molecule has 1 aromatic carbocycles. The minimum Gasteiger partial charge on any atom is -0.502 e. The summed E-state index contributed by atoms with van der Waals surface area (Å²) in [5, 5.41) is 30.1. The molecule has 0 spiro atoms. The summed E-state index contributed by atoms with van der Waals surface area (Å²) in [4.78, 5) is 10.0. The molecule has 1 rings (SSSR count). The molecule has 0 heterocycles. The molecule has 0 unspecified atom stereocenters. The molecule has 0 aromatic heterocycles. The third-order valence-electron chi connectivity index (χ3n) is 2.47. The van der Waals surface area contributed by atoms with E-state index in [1.165, 1.54) is 12.1 Å². The molecule has 0 saturated carbocycles. The summed E-state index contributed by atoms with van der Waals surface area (Å²) in [6, 6.07) is 1.78. The first kappa shape index (κ1) is 13.9. The van der Waals surface area contributed by atoms with Gasteiger partial charge in [0.25, 0.3) is 0 Å². The van der Waals surface area contributed by atoms with E-state index in [1.54, 1.807) is 6.92 Å². The smallest absolute Gasteiger partial charge is 0.312 e. The zero-order valence-corrected chi connectivity index (χ0v) is 10.7. The van der Waals surface area contributed by atoms with E-state index in [-0.39, 0.29) is 5.56 Å². The van der Waals surface area contributed by atoms with Gasteiger partial charge in [-0.15, -0.1) is 0 Å². The van der Waals surface area contributed by atoms with E-state index in [2.05, 4.69) is 15.9 Å². The highest BCUT2D eigenvalue weighted by atomic mass is 79.9. The maximum atomic E-state index is 10.7. The van der Waals surface area contributed by atoms with Crippen LogP contribution in [-0.2, 0) is 0 Å². The average Bonchev–Trinajstić information content (AvgIpc) is 2.29. The van der Waals surface area contributed by atoms with Crippen molar-refractivity contribution in [1.29, 1.82) is 0 Å². The Hall–Kier alpha value is -1.18. The number of aromatic hydroxyl groups is 1. The Morgan fingerprint density at radius 1 is 1.59 bits per heavy atom. The van der Waals surface area contributed by atoms with Gasteiger partial charge >= 0.3 is 5.69 Å². The summed E-state index contributed by atoms with van der Waals surface area (Å²) in [6.07, 6.45) is -0.476. The number of nitrogens with two attached hydrogens (primary N) is 1. The first-order valence-electron chi connectivity index (χ1n) is 4.98. The summed E-state index contributed by atoms with van der Waals surface area (Å²) in [5.74, 6) is -0.502. The number of phenolic OH excluding ortho intramolecular Hbond substituents is 1. The number of nitrogens with zero attached hydrogens (tertiary/aromatic N) is 1. The molecule has 0 aliphatic heterocycles. The lowest BCUT2D eigenvalue weighted by atomic mass is 9.99. The van der Waals surface area contributed by atoms with Gasteiger partial charge in [0.05, 0.1) is 17.1 Å². The van der Waals surface area contributed by atoms with Crippen LogP contribution in [0.15, 0.2) is 16.6 Å². The molecule has 0 bridgehead atoms. The molecule has 0 aliphatic carbocycles.